The summed E-state index contributed by atoms with van der Waals surface area (Å²) in [5.41, 5.74) is 5.54. The van der Waals surface area contributed by atoms with Gasteiger partial charge < -0.3 is 26.4 Å². The van der Waals surface area contributed by atoms with E-state index in [1.54, 1.807) is 0 Å². The van der Waals surface area contributed by atoms with Gasteiger partial charge in [-0.2, -0.15) is 0 Å². The van der Waals surface area contributed by atoms with Gasteiger partial charge in [0.1, 0.15) is 6.29 Å². The Balaban J connectivity index is 1.69. The monoisotopic (exact) mass is 356 g/mol. The third-order valence-corrected chi connectivity index (χ3v) is 4.69. The van der Waals surface area contributed by atoms with Crippen molar-refractivity contribution in [2.45, 2.75) is 89.6 Å². The van der Waals surface area contributed by atoms with Crippen LogP contribution in [0.5, 0.6) is 0 Å². The molecule has 8 heteroatoms. The second-order valence-electron chi connectivity index (χ2n) is 7.47. The van der Waals surface area contributed by atoms with Gasteiger partial charge >= 0.3 is 6.03 Å². The van der Waals surface area contributed by atoms with Gasteiger partial charge in [0.2, 0.25) is 0 Å². The molecule has 8 nitrogen and oxygen atoms in total. The lowest BCUT2D eigenvalue weighted by atomic mass is 9.93. The van der Waals surface area contributed by atoms with Gasteiger partial charge in [-0.1, -0.05) is 0 Å². The molecular formula is C17H36N6O2. The van der Waals surface area contributed by atoms with Gasteiger partial charge in [-0.25, -0.2) is 4.79 Å². The molecule has 0 aromatic carbocycles. The van der Waals surface area contributed by atoms with Gasteiger partial charge in [0.05, 0.1) is 18.4 Å². The van der Waals surface area contributed by atoms with Crippen molar-refractivity contribution in [1.82, 2.24) is 26.6 Å². The molecule has 1 saturated heterocycles. The summed E-state index contributed by atoms with van der Waals surface area (Å²) >= 11 is 0. The van der Waals surface area contributed by atoms with E-state index in [0.29, 0.717) is 18.7 Å². The molecule has 0 radical (unpaired) electrons. The molecule has 1 saturated carbocycles. The Bertz CT molecular complexity index is 401. The Morgan fingerprint density at radius 3 is 2.56 bits per heavy atom. The smallest absolute Gasteiger partial charge is 0.317 e. The fourth-order valence-electron chi connectivity index (χ4n) is 3.59. The van der Waals surface area contributed by atoms with Crippen molar-refractivity contribution in [1.29, 1.82) is 0 Å². The van der Waals surface area contributed by atoms with Crippen molar-refractivity contribution in [3.63, 3.8) is 0 Å². The maximum Gasteiger partial charge on any atom is 0.317 e. The van der Waals surface area contributed by atoms with Gasteiger partial charge in [0.15, 0.2) is 0 Å². The van der Waals surface area contributed by atoms with Crippen molar-refractivity contribution in [2.24, 2.45) is 5.73 Å². The number of nitrogens with one attached hydrogen (secondary N) is 5. The Labute approximate surface area is 151 Å². The van der Waals surface area contributed by atoms with Crippen LogP contribution in [-0.2, 0) is 4.74 Å². The Hall–Kier alpha value is -0.930. The molecule has 7 N–H and O–H groups in total. The molecule has 2 rings (SSSR count). The molecule has 146 valence electrons. The van der Waals surface area contributed by atoms with Gasteiger partial charge in [0, 0.05) is 25.2 Å². The molecule has 2 amide bonds. The summed E-state index contributed by atoms with van der Waals surface area (Å²) in [5, 5.41) is 16.1. The van der Waals surface area contributed by atoms with Crippen molar-refractivity contribution in [3.8, 4) is 0 Å². The van der Waals surface area contributed by atoms with E-state index in [4.69, 9.17) is 10.5 Å². The number of rotatable bonds is 7. The first-order valence-electron chi connectivity index (χ1n) is 9.64. The van der Waals surface area contributed by atoms with Crippen LogP contribution >= 0.6 is 0 Å². The lowest BCUT2D eigenvalue weighted by molar-refractivity contribution is -0.0156. The van der Waals surface area contributed by atoms with Crippen LogP contribution in [0, 0.1) is 0 Å². The largest absolute Gasteiger partial charge is 0.376 e. The zero-order chi connectivity index (χ0) is 18.2. The highest BCUT2D eigenvalue weighted by Gasteiger charge is 2.27. The molecule has 0 aromatic rings. The number of carbonyl (C=O) groups excluding carboxylic acids is 1. The van der Waals surface area contributed by atoms with Crippen LogP contribution in [0.1, 0.15) is 52.9 Å². The Kier molecular flexibility index (Phi) is 8.38. The van der Waals surface area contributed by atoms with E-state index in [1.807, 2.05) is 0 Å². The van der Waals surface area contributed by atoms with Crippen LogP contribution in [0.4, 0.5) is 4.79 Å². The normalized spacial score (nSPS) is 33.2. The minimum atomic E-state index is -0.250. The summed E-state index contributed by atoms with van der Waals surface area (Å²) in [6, 6.07) is 0.398. The van der Waals surface area contributed by atoms with E-state index in [2.05, 4.69) is 47.4 Å². The number of amides is 2. The summed E-state index contributed by atoms with van der Waals surface area (Å²) in [4.78, 5) is 12.3. The van der Waals surface area contributed by atoms with E-state index < -0.39 is 0 Å². The first kappa shape index (κ1) is 20.4. The molecule has 25 heavy (non-hydrogen) atoms. The third-order valence-electron chi connectivity index (χ3n) is 4.69. The minimum Gasteiger partial charge on any atom is -0.376 e. The zero-order valence-corrected chi connectivity index (χ0v) is 15.8. The highest BCUT2D eigenvalue weighted by Crippen LogP contribution is 2.22. The highest BCUT2D eigenvalue weighted by atomic mass is 16.5. The Morgan fingerprint density at radius 1 is 1.20 bits per heavy atom. The van der Waals surface area contributed by atoms with Crippen molar-refractivity contribution < 1.29 is 9.53 Å². The Morgan fingerprint density at radius 2 is 1.92 bits per heavy atom. The van der Waals surface area contributed by atoms with Crippen LogP contribution in [0.2, 0.25) is 0 Å². The van der Waals surface area contributed by atoms with Crippen LogP contribution in [0.15, 0.2) is 0 Å². The predicted molar refractivity (Wildman–Crippen MR) is 98.9 cm³/mol. The molecule has 1 aliphatic heterocycles. The van der Waals surface area contributed by atoms with Crippen LogP contribution in [-0.4, -0.2) is 55.9 Å². The first-order chi connectivity index (χ1) is 12.0. The van der Waals surface area contributed by atoms with E-state index in [1.165, 1.54) is 0 Å². The van der Waals surface area contributed by atoms with E-state index in [0.717, 1.165) is 38.6 Å². The average Bonchev–Trinajstić information content (AvgIpc) is 2.53. The lowest BCUT2D eigenvalue weighted by Gasteiger charge is -2.37. The number of hydrogen-bond acceptors (Lipinski definition) is 6. The first-order valence-corrected chi connectivity index (χ1v) is 9.64. The summed E-state index contributed by atoms with van der Waals surface area (Å²) in [6.45, 7) is 7.60. The van der Waals surface area contributed by atoms with Crippen molar-refractivity contribution in [2.75, 3.05) is 13.1 Å². The van der Waals surface area contributed by atoms with Gasteiger partial charge in [0.25, 0.3) is 0 Å². The fraction of sp³-hybridized carbons (Fsp3) is 0.941. The fourth-order valence-corrected chi connectivity index (χ4v) is 3.59. The molecule has 0 aromatic heterocycles. The summed E-state index contributed by atoms with van der Waals surface area (Å²) in [5.74, 6) is 0. The second-order valence-corrected chi connectivity index (χ2v) is 7.47. The molecule has 3 unspecified atom stereocenters. The standard InChI is InChI=1S/C17H36N6O2/c1-11(2)25-14-6-4-13(5-7-14)21-17(24)23-16-20-12(3)10-15(22-16)19-9-8-18/h11-16,19-20,22H,4-10,18H2,1-3H3,(H2,21,23,24). The second kappa shape index (κ2) is 10.3. The highest BCUT2D eigenvalue weighted by molar-refractivity contribution is 5.74. The molecule has 2 aliphatic rings. The maximum atomic E-state index is 12.3. The van der Waals surface area contributed by atoms with Crippen molar-refractivity contribution in [3.05, 3.63) is 0 Å². The predicted octanol–water partition coefficient (Wildman–Crippen LogP) is 0.151. The number of urea groups is 1. The number of hydrogen-bond donors (Lipinski definition) is 6. The average molecular weight is 357 g/mol. The van der Waals surface area contributed by atoms with Crippen molar-refractivity contribution >= 4 is 6.03 Å². The molecule has 3 atom stereocenters. The third kappa shape index (κ3) is 7.45. The van der Waals surface area contributed by atoms with E-state index >= 15 is 0 Å². The van der Waals surface area contributed by atoms with Crippen LogP contribution < -0.4 is 32.3 Å². The van der Waals surface area contributed by atoms with Crippen LogP contribution in [0.3, 0.4) is 0 Å². The molecule has 1 heterocycles. The SMILES string of the molecule is CC1CC(NCCN)NC(NC(=O)NC2CCC(OC(C)C)CC2)N1. The molecule has 0 spiro atoms. The topological polar surface area (TPSA) is 112 Å². The van der Waals surface area contributed by atoms with Gasteiger partial charge in [-0.3, -0.25) is 10.6 Å². The molecule has 1 aliphatic carbocycles. The minimum absolute atomic E-state index is 0.134. The lowest BCUT2D eigenvalue weighted by Crippen LogP contribution is -2.68. The molecule has 0 bridgehead atoms. The number of ether oxygens (including phenoxy) is 1. The quantitative estimate of drug-likeness (QED) is 0.387. The number of carbonyl (C=O) groups is 1. The number of nitrogens with two attached hydrogens (primary N) is 1. The van der Waals surface area contributed by atoms with Gasteiger partial charge in [-0.15, -0.1) is 0 Å². The molecule has 2 fully saturated rings. The maximum absolute atomic E-state index is 12.3. The van der Waals surface area contributed by atoms with E-state index in [9.17, 15) is 4.79 Å². The summed E-state index contributed by atoms with van der Waals surface area (Å²) in [7, 11) is 0. The summed E-state index contributed by atoms with van der Waals surface area (Å²) < 4.78 is 5.86. The van der Waals surface area contributed by atoms with Gasteiger partial charge in [-0.05, 0) is 52.9 Å². The van der Waals surface area contributed by atoms with E-state index in [-0.39, 0.29) is 30.6 Å². The van der Waals surface area contributed by atoms with Crippen LogP contribution in [0.25, 0.3) is 0 Å². The zero-order valence-electron chi connectivity index (χ0n) is 15.8. The molecular weight excluding hydrogens is 320 g/mol. The summed E-state index contributed by atoms with van der Waals surface area (Å²) in [6.07, 6.45) is 5.38.